The Morgan fingerprint density at radius 2 is 1.75 bits per heavy atom. The van der Waals surface area contributed by atoms with Crippen molar-refractivity contribution in [1.82, 2.24) is 9.97 Å². The quantitative estimate of drug-likeness (QED) is 0.688. The summed E-state index contributed by atoms with van der Waals surface area (Å²) in [6.07, 6.45) is 0. The summed E-state index contributed by atoms with van der Waals surface area (Å²) in [5.74, 6) is -1.66. The molecule has 1 aromatic heterocycles. The van der Waals surface area contributed by atoms with Crippen LogP contribution in [-0.4, -0.2) is 16.5 Å². The Kier molecular flexibility index (Phi) is 2.52. The first-order valence-corrected chi connectivity index (χ1v) is 3.58. The van der Waals surface area contributed by atoms with E-state index < -0.39 is 11.9 Å². The predicted molar refractivity (Wildman–Crippen MR) is 40.8 cm³/mol. The highest BCUT2D eigenvalue weighted by Gasteiger charge is 2.08. The molecule has 0 aliphatic carbocycles. The Hall–Kier alpha value is -1.26. The summed E-state index contributed by atoms with van der Waals surface area (Å²) in [6.45, 7) is 3.61. The molecule has 0 saturated heterocycles. The van der Waals surface area contributed by atoms with E-state index in [9.17, 15) is 8.78 Å². The summed E-state index contributed by atoms with van der Waals surface area (Å²) in [5.41, 5.74) is -0.156. The van der Waals surface area contributed by atoms with Crippen LogP contribution in [0.25, 0.3) is 0 Å². The van der Waals surface area contributed by atoms with Gasteiger partial charge in [0, 0.05) is 6.54 Å². The molecule has 0 fully saturated rings. The van der Waals surface area contributed by atoms with Crippen LogP contribution < -0.4 is 5.32 Å². The monoisotopic (exact) mass is 173 g/mol. The van der Waals surface area contributed by atoms with E-state index in [1.54, 1.807) is 6.92 Å². The smallest absolute Gasteiger partial charge is 0.228 e. The lowest BCUT2D eigenvalue weighted by molar-refractivity contribution is 0.513. The van der Waals surface area contributed by atoms with Crippen LogP contribution in [0.5, 0.6) is 0 Å². The van der Waals surface area contributed by atoms with Gasteiger partial charge in [-0.2, -0.15) is 18.7 Å². The van der Waals surface area contributed by atoms with E-state index in [2.05, 4.69) is 15.3 Å². The van der Waals surface area contributed by atoms with E-state index in [1.165, 1.54) is 6.92 Å². The molecular weight excluding hydrogens is 164 g/mol. The van der Waals surface area contributed by atoms with Gasteiger partial charge in [0.15, 0.2) is 0 Å². The van der Waals surface area contributed by atoms with Crippen LogP contribution in [0.15, 0.2) is 0 Å². The first-order chi connectivity index (χ1) is 5.65. The van der Waals surface area contributed by atoms with Gasteiger partial charge < -0.3 is 5.32 Å². The number of hydrogen-bond donors (Lipinski definition) is 1. The minimum Gasteiger partial charge on any atom is -0.354 e. The zero-order chi connectivity index (χ0) is 9.14. The van der Waals surface area contributed by atoms with Crippen LogP contribution >= 0.6 is 0 Å². The molecule has 3 nitrogen and oxygen atoms in total. The normalized spacial score (nSPS) is 10.0. The van der Waals surface area contributed by atoms with Crippen LogP contribution in [0.3, 0.4) is 0 Å². The van der Waals surface area contributed by atoms with E-state index in [1.807, 2.05) is 0 Å². The Bertz CT molecular complexity index is 265. The van der Waals surface area contributed by atoms with Gasteiger partial charge >= 0.3 is 0 Å². The van der Waals surface area contributed by atoms with Gasteiger partial charge in [0.2, 0.25) is 17.8 Å². The van der Waals surface area contributed by atoms with Crippen molar-refractivity contribution in [2.45, 2.75) is 13.8 Å². The molecule has 0 amide bonds. The van der Waals surface area contributed by atoms with Crippen molar-refractivity contribution in [3.63, 3.8) is 0 Å². The number of nitrogens with one attached hydrogen (secondary N) is 1. The molecule has 1 N–H and O–H groups in total. The second-order valence-corrected chi connectivity index (χ2v) is 2.28. The second kappa shape index (κ2) is 3.42. The van der Waals surface area contributed by atoms with Crippen LogP contribution in [0.4, 0.5) is 14.7 Å². The van der Waals surface area contributed by atoms with Crippen LogP contribution in [0.2, 0.25) is 0 Å². The molecule has 0 saturated carbocycles. The highest BCUT2D eigenvalue weighted by Crippen LogP contribution is 2.08. The predicted octanol–water partition coefficient (Wildman–Crippen LogP) is 1.50. The lowest BCUT2D eigenvalue weighted by Gasteiger charge is -2.02. The largest absolute Gasteiger partial charge is 0.354 e. The van der Waals surface area contributed by atoms with Crippen molar-refractivity contribution in [1.29, 1.82) is 0 Å². The average molecular weight is 173 g/mol. The standard InChI is InChI=1S/C7H9F2N3/c1-3-10-7-11-5(8)4(2)6(9)12-7/h3H2,1-2H3,(H,10,11,12). The first-order valence-electron chi connectivity index (χ1n) is 3.58. The van der Waals surface area contributed by atoms with Crippen molar-refractivity contribution in [2.75, 3.05) is 11.9 Å². The molecule has 0 bridgehead atoms. The number of anilines is 1. The van der Waals surface area contributed by atoms with Crippen molar-refractivity contribution in [2.24, 2.45) is 0 Å². The third-order valence-electron chi connectivity index (χ3n) is 1.36. The van der Waals surface area contributed by atoms with Gasteiger partial charge in [0.1, 0.15) is 0 Å². The van der Waals surface area contributed by atoms with E-state index in [4.69, 9.17) is 0 Å². The van der Waals surface area contributed by atoms with E-state index in [-0.39, 0.29) is 11.5 Å². The summed E-state index contributed by atoms with van der Waals surface area (Å²) in [5, 5.41) is 2.61. The molecule has 0 spiro atoms. The molecule has 0 aliphatic heterocycles. The van der Waals surface area contributed by atoms with Crippen LogP contribution in [0.1, 0.15) is 12.5 Å². The van der Waals surface area contributed by atoms with Gasteiger partial charge in [0.05, 0.1) is 5.56 Å². The third-order valence-corrected chi connectivity index (χ3v) is 1.36. The van der Waals surface area contributed by atoms with Crippen molar-refractivity contribution >= 4 is 5.95 Å². The molecule has 0 atom stereocenters. The fourth-order valence-electron chi connectivity index (χ4n) is 0.701. The number of rotatable bonds is 2. The summed E-state index contributed by atoms with van der Waals surface area (Å²) in [4.78, 5) is 6.79. The maximum atomic E-state index is 12.7. The van der Waals surface area contributed by atoms with E-state index in [0.29, 0.717) is 6.54 Å². The molecule has 5 heteroatoms. The summed E-state index contributed by atoms with van der Waals surface area (Å²) < 4.78 is 25.5. The van der Waals surface area contributed by atoms with Crippen molar-refractivity contribution < 1.29 is 8.78 Å². The van der Waals surface area contributed by atoms with Crippen LogP contribution in [0, 0.1) is 18.8 Å². The van der Waals surface area contributed by atoms with Gasteiger partial charge in [-0.05, 0) is 13.8 Å². The molecular formula is C7H9F2N3. The molecule has 66 valence electrons. The molecule has 0 unspecified atom stereocenters. The topological polar surface area (TPSA) is 37.8 Å². The summed E-state index contributed by atoms with van der Waals surface area (Å²) in [7, 11) is 0. The third kappa shape index (κ3) is 1.66. The zero-order valence-electron chi connectivity index (χ0n) is 6.86. The number of halogens is 2. The lowest BCUT2D eigenvalue weighted by Crippen LogP contribution is -2.06. The van der Waals surface area contributed by atoms with Crippen molar-refractivity contribution in [3.05, 3.63) is 17.5 Å². The number of hydrogen-bond acceptors (Lipinski definition) is 3. The molecule has 1 rings (SSSR count). The molecule has 0 aromatic carbocycles. The maximum Gasteiger partial charge on any atom is 0.228 e. The van der Waals surface area contributed by atoms with Gasteiger partial charge in [-0.3, -0.25) is 0 Å². The van der Waals surface area contributed by atoms with Gasteiger partial charge in [0.25, 0.3) is 0 Å². The SMILES string of the molecule is CCNc1nc(F)c(C)c(F)n1. The maximum absolute atomic E-state index is 12.7. The molecule has 0 aliphatic rings. The summed E-state index contributed by atoms with van der Waals surface area (Å²) >= 11 is 0. The zero-order valence-corrected chi connectivity index (χ0v) is 6.86. The van der Waals surface area contributed by atoms with Gasteiger partial charge in [-0.25, -0.2) is 0 Å². The Morgan fingerprint density at radius 3 is 2.17 bits per heavy atom. The van der Waals surface area contributed by atoms with Gasteiger partial charge in [-0.15, -0.1) is 0 Å². The molecule has 0 radical (unpaired) electrons. The Balaban J connectivity index is 3.04. The van der Waals surface area contributed by atoms with Gasteiger partial charge in [-0.1, -0.05) is 0 Å². The van der Waals surface area contributed by atoms with Crippen molar-refractivity contribution in [3.8, 4) is 0 Å². The minimum absolute atomic E-state index is 0.0156. The highest BCUT2D eigenvalue weighted by molar-refractivity contribution is 5.25. The summed E-state index contributed by atoms with van der Waals surface area (Å²) in [6, 6.07) is 0. The van der Waals surface area contributed by atoms with E-state index in [0.717, 1.165) is 0 Å². The highest BCUT2D eigenvalue weighted by atomic mass is 19.1. The van der Waals surface area contributed by atoms with E-state index >= 15 is 0 Å². The minimum atomic E-state index is -0.821. The fourth-order valence-corrected chi connectivity index (χ4v) is 0.701. The molecule has 1 heterocycles. The average Bonchev–Trinajstić information content (AvgIpc) is 2.01. The fraction of sp³-hybridized carbons (Fsp3) is 0.429. The lowest BCUT2D eigenvalue weighted by atomic mass is 10.4. The second-order valence-electron chi connectivity index (χ2n) is 2.28. The molecule has 12 heavy (non-hydrogen) atoms. The molecule has 1 aromatic rings. The number of aromatic nitrogens is 2. The number of nitrogens with zero attached hydrogens (tertiary/aromatic N) is 2. The first kappa shape index (κ1) is 8.83. The van der Waals surface area contributed by atoms with Crippen LogP contribution in [-0.2, 0) is 0 Å². The Labute approximate surface area is 68.8 Å². The Morgan fingerprint density at radius 1 is 1.25 bits per heavy atom.